The van der Waals surface area contributed by atoms with E-state index in [9.17, 15) is 24.0 Å². The highest BCUT2D eigenvalue weighted by atomic mass is 16.6. The van der Waals surface area contributed by atoms with Gasteiger partial charge in [-0.2, -0.15) is 0 Å². The molecule has 0 radical (unpaired) electrons. The average Bonchev–Trinajstić information content (AvgIpc) is 2.95. The number of piperidine rings is 1. The number of carbonyl (C=O) groups is 5. The van der Waals surface area contributed by atoms with Gasteiger partial charge in [0.15, 0.2) is 5.92 Å². The predicted octanol–water partition coefficient (Wildman–Crippen LogP) is 2.72. The SMILES string of the molecule is COC(=O)[C@@H](C(=O)OCc1ccccc1)C(N)N(C(=O)CN)C(=O)CCCCCC1CCN(C(=O)OC(C)(C)C)CC1. The van der Waals surface area contributed by atoms with Gasteiger partial charge >= 0.3 is 18.0 Å². The smallest absolute Gasteiger partial charge is 0.410 e. The van der Waals surface area contributed by atoms with Crippen molar-refractivity contribution in [1.82, 2.24) is 9.80 Å². The number of hydrogen-bond donors (Lipinski definition) is 2. The Labute approximate surface area is 248 Å². The summed E-state index contributed by atoms with van der Waals surface area (Å²) in [5, 5.41) is 0. The minimum absolute atomic E-state index is 0.0104. The van der Waals surface area contributed by atoms with Crippen LogP contribution in [0.3, 0.4) is 0 Å². The van der Waals surface area contributed by atoms with Crippen molar-refractivity contribution in [3.8, 4) is 0 Å². The van der Waals surface area contributed by atoms with E-state index in [-0.39, 0.29) is 19.1 Å². The van der Waals surface area contributed by atoms with Gasteiger partial charge in [0.25, 0.3) is 0 Å². The topological polar surface area (TPSA) is 172 Å². The maximum atomic E-state index is 13.1. The molecule has 2 rings (SSSR count). The number of likely N-dealkylation sites (tertiary alicyclic amines) is 1. The number of imide groups is 1. The highest BCUT2D eigenvalue weighted by Crippen LogP contribution is 2.25. The molecule has 1 heterocycles. The second-order valence-corrected chi connectivity index (χ2v) is 11.5. The Balaban J connectivity index is 1.87. The molecule has 234 valence electrons. The number of nitrogens with zero attached hydrogens (tertiary/aromatic N) is 2. The number of unbranched alkanes of at least 4 members (excludes halogenated alkanes) is 2. The number of carbonyl (C=O) groups excluding carboxylic acids is 5. The fourth-order valence-corrected chi connectivity index (χ4v) is 4.78. The second-order valence-electron chi connectivity index (χ2n) is 11.5. The van der Waals surface area contributed by atoms with Crippen molar-refractivity contribution in [3.63, 3.8) is 0 Å². The molecule has 1 fully saturated rings. The van der Waals surface area contributed by atoms with E-state index in [1.807, 2.05) is 20.8 Å². The van der Waals surface area contributed by atoms with Gasteiger partial charge in [-0.1, -0.05) is 49.6 Å². The van der Waals surface area contributed by atoms with Crippen molar-refractivity contribution in [2.75, 3.05) is 26.7 Å². The zero-order valence-electron chi connectivity index (χ0n) is 25.2. The zero-order valence-corrected chi connectivity index (χ0v) is 25.2. The van der Waals surface area contributed by atoms with E-state index < -0.39 is 48.0 Å². The number of methoxy groups -OCH3 is 1. The van der Waals surface area contributed by atoms with Crippen LogP contribution in [0.5, 0.6) is 0 Å². The molecular formula is C30H46N4O8. The van der Waals surface area contributed by atoms with Gasteiger partial charge in [-0.25, -0.2) is 4.79 Å². The Bertz CT molecular complexity index is 1050. The lowest BCUT2D eigenvalue weighted by Crippen LogP contribution is -2.58. The summed E-state index contributed by atoms with van der Waals surface area (Å²) in [7, 11) is 1.07. The predicted molar refractivity (Wildman–Crippen MR) is 154 cm³/mol. The summed E-state index contributed by atoms with van der Waals surface area (Å²) < 4.78 is 15.4. The number of hydrogen-bond acceptors (Lipinski definition) is 10. The Morgan fingerprint density at radius 1 is 0.976 bits per heavy atom. The van der Waals surface area contributed by atoms with Crippen LogP contribution in [0.2, 0.25) is 0 Å². The monoisotopic (exact) mass is 590 g/mol. The number of esters is 2. The average molecular weight is 591 g/mol. The van der Waals surface area contributed by atoms with Gasteiger partial charge in [-0.3, -0.25) is 24.1 Å². The maximum Gasteiger partial charge on any atom is 0.410 e. The third-order valence-corrected chi connectivity index (χ3v) is 7.05. The highest BCUT2D eigenvalue weighted by Gasteiger charge is 2.42. The number of amides is 3. The fourth-order valence-electron chi connectivity index (χ4n) is 4.78. The fraction of sp³-hybridized carbons (Fsp3) is 0.633. The Hall–Kier alpha value is -3.51. The van der Waals surface area contributed by atoms with E-state index in [0.717, 1.165) is 39.2 Å². The third kappa shape index (κ3) is 11.1. The van der Waals surface area contributed by atoms with Gasteiger partial charge in [0.05, 0.1) is 13.7 Å². The Kier molecular flexibility index (Phi) is 13.9. The van der Waals surface area contributed by atoms with Crippen LogP contribution in [-0.2, 0) is 40.0 Å². The summed E-state index contributed by atoms with van der Waals surface area (Å²) in [5.74, 6) is -4.74. The number of benzene rings is 1. The first-order chi connectivity index (χ1) is 19.9. The Morgan fingerprint density at radius 2 is 1.62 bits per heavy atom. The molecule has 0 bridgehead atoms. The van der Waals surface area contributed by atoms with E-state index in [0.29, 0.717) is 35.9 Å². The van der Waals surface area contributed by atoms with Crippen molar-refractivity contribution in [3.05, 3.63) is 35.9 Å². The third-order valence-electron chi connectivity index (χ3n) is 7.05. The molecule has 42 heavy (non-hydrogen) atoms. The highest BCUT2D eigenvalue weighted by molar-refractivity contribution is 6.00. The molecule has 1 aliphatic heterocycles. The second kappa shape index (κ2) is 16.8. The van der Waals surface area contributed by atoms with Crippen molar-refractivity contribution >= 4 is 29.8 Å². The van der Waals surface area contributed by atoms with Crippen molar-refractivity contribution in [2.45, 2.75) is 84.1 Å². The molecule has 3 amide bonds. The summed E-state index contributed by atoms with van der Waals surface area (Å²) >= 11 is 0. The molecule has 0 saturated carbocycles. The molecule has 12 heteroatoms. The summed E-state index contributed by atoms with van der Waals surface area (Å²) in [6.45, 7) is 6.19. The number of nitrogens with two attached hydrogens (primary N) is 2. The van der Waals surface area contributed by atoms with Crippen LogP contribution in [-0.4, -0.2) is 78.2 Å². The van der Waals surface area contributed by atoms with Crippen LogP contribution < -0.4 is 11.5 Å². The van der Waals surface area contributed by atoms with Crippen LogP contribution in [0.1, 0.15) is 71.3 Å². The zero-order chi connectivity index (χ0) is 31.3. The molecule has 1 aromatic rings. The molecule has 0 aliphatic carbocycles. The lowest BCUT2D eigenvalue weighted by atomic mass is 9.91. The summed E-state index contributed by atoms with van der Waals surface area (Å²) in [5.41, 5.74) is 11.9. The van der Waals surface area contributed by atoms with Crippen LogP contribution in [0.4, 0.5) is 4.79 Å². The van der Waals surface area contributed by atoms with E-state index in [1.165, 1.54) is 0 Å². The quantitative estimate of drug-likeness (QED) is 0.114. The molecule has 2 atom stereocenters. The molecule has 1 aliphatic rings. The van der Waals surface area contributed by atoms with E-state index in [4.69, 9.17) is 25.7 Å². The van der Waals surface area contributed by atoms with Gasteiger partial charge in [-0.05, 0) is 51.5 Å². The molecule has 0 aromatic heterocycles. The first-order valence-corrected chi connectivity index (χ1v) is 14.4. The number of rotatable bonds is 13. The number of ether oxygens (including phenoxy) is 3. The van der Waals surface area contributed by atoms with Gasteiger partial charge in [0, 0.05) is 19.5 Å². The van der Waals surface area contributed by atoms with Crippen molar-refractivity contribution in [2.24, 2.45) is 23.3 Å². The standard InChI is InChI=1S/C30H46N4O8/c1-30(2,3)42-29(39)33-17-15-21(16-18-33)11-7-6-10-14-23(35)34(24(36)19-31)26(32)25(27(37)40-4)28(38)41-20-22-12-8-5-9-13-22/h5,8-9,12-13,21,25-26H,6-7,10-11,14-20,31-32H2,1-4H3/t25-,26?/m0/s1. The van der Waals surface area contributed by atoms with Crippen LogP contribution in [0, 0.1) is 11.8 Å². The first kappa shape index (κ1) is 34.7. The van der Waals surface area contributed by atoms with Crippen molar-refractivity contribution in [1.29, 1.82) is 0 Å². The van der Waals surface area contributed by atoms with Crippen LogP contribution in [0.15, 0.2) is 30.3 Å². The normalized spacial score (nSPS) is 15.3. The van der Waals surface area contributed by atoms with Gasteiger partial charge < -0.3 is 30.6 Å². The van der Waals surface area contributed by atoms with Gasteiger partial charge in [-0.15, -0.1) is 0 Å². The molecule has 4 N–H and O–H groups in total. The van der Waals surface area contributed by atoms with Crippen LogP contribution in [0.25, 0.3) is 0 Å². The van der Waals surface area contributed by atoms with Gasteiger partial charge in [0.1, 0.15) is 18.4 Å². The maximum absolute atomic E-state index is 13.1. The van der Waals surface area contributed by atoms with E-state index >= 15 is 0 Å². The summed E-state index contributed by atoms with van der Waals surface area (Å²) in [4.78, 5) is 65.7. The molecule has 1 aromatic carbocycles. The molecule has 1 saturated heterocycles. The Morgan fingerprint density at radius 3 is 2.19 bits per heavy atom. The lowest BCUT2D eigenvalue weighted by Gasteiger charge is -2.33. The molecular weight excluding hydrogens is 544 g/mol. The minimum atomic E-state index is -1.73. The molecule has 0 spiro atoms. The summed E-state index contributed by atoms with van der Waals surface area (Å²) in [6.07, 6.45) is 2.89. The molecule has 1 unspecified atom stereocenters. The first-order valence-electron chi connectivity index (χ1n) is 14.4. The largest absolute Gasteiger partial charge is 0.468 e. The van der Waals surface area contributed by atoms with Crippen LogP contribution >= 0.6 is 0 Å². The van der Waals surface area contributed by atoms with E-state index in [2.05, 4.69) is 0 Å². The van der Waals surface area contributed by atoms with Gasteiger partial charge in [0.2, 0.25) is 11.8 Å². The summed E-state index contributed by atoms with van der Waals surface area (Å²) in [6, 6.07) is 8.81. The minimum Gasteiger partial charge on any atom is -0.468 e. The van der Waals surface area contributed by atoms with Crippen molar-refractivity contribution < 1.29 is 38.2 Å². The molecule has 12 nitrogen and oxygen atoms in total. The lowest BCUT2D eigenvalue weighted by molar-refractivity contribution is -0.166. The van der Waals surface area contributed by atoms with E-state index in [1.54, 1.807) is 35.2 Å².